The van der Waals surface area contributed by atoms with E-state index in [4.69, 9.17) is 0 Å². The monoisotopic (exact) mass is 283 g/mol. The average Bonchev–Trinajstić information content (AvgIpc) is 2.75. The van der Waals surface area contributed by atoms with Gasteiger partial charge < -0.3 is 10.1 Å². The van der Waals surface area contributed by atoms with Crippen molar-refractivity contribution in [1.82, 2.24) is 5.32 Å². The predicted molar refractivity (Wildman–Crippen MR) is 66.0 cm³/mol. The van der Waals surface area contributed by atoms with Crippen molar-refractivity contribution >= 4 is 21.7 Å². The molecule has 0 spiro atoms. The maximum atomic E-state index is 11.9. The largest absolute Gasteiger partial charge is 0.464 e. The van der Waals surface area contributed by atoms with Crippen LogP contribution in [-0.4, -0.2) is 38.7 Å². The molecule has 1 amide bonds. The fraction of sp³-hybridized carbons (Fsp3) is 0.333. The predicted octanol–water partition coefficient (Wildman–Crippen LogP) is -0.108. The van der Waals surface area contributed by atoms with Gasteiger partial charge in [0.15, 0.2) is 9.84 Å². The lowest BCUT2D eigenvalue weighted by atomic mass is 10.2. The van der Waals surface area contributed by atoms with E-state index in [9.17, 15) is 18.0 Å². The number of rotatable bonds is 4. The van der Waals surface area contributed by atoms with Gasteiger partial charge in [0.2, 0.25) is 5.91 Å². The van der Waals surface area contributed by atoms with E-state index in [1.807, 2.05) is 0 Å². The molecule has 1 unspecified atom stereocenters. The third kappa shape index (κ3) is 3.31. The van der Waals surface area contributed by atoms with Crippen LogP contribution < -0.4 is 5.32 Å². The topological polar surface area (TPSA) is 89.5 Å². The highest BCUT2D eigenvalue weighted by Crippen LogP contribution is 2.11. The smallest absolute Gasteiger partial charge is 0.328 e. The van der Waals surface area contributed by atoms with Gasteiger partial charge in [0.25, 0.3) is 0 Å². The Morgan fingerprint density at radius 1 is 1.32 bits per heavy atom. The van der Waals surface area contributed by atoms with Crippen LogP contribution in [0, 0.1) is 0 Å². The molecule has 19 heavy (non-hydrogen) atoms. The second-order valence-electron chi connectivity index (χ2n) is 4.15. The zero-order valence-corrected chi connectivity index (χ0v) is 10.9. The summed E-state index contributed by atoms with van der Waals surface area (Å²) < 4.78 is 28.5. The first-order chi connectivity index (χ1) is 8.99. The highest BCUT2D eigenvalue weighted by Gasteiger charge is 2.29. The van der Waals surface area contributed by atoms with Gasteiger partial charge in [-0.3, -0.25) is 4.79 Å². The van der Waals surface area contributed by atoms with E-state index < -0.39 is 33.5 Å². The van der Waals surface area contributed by atoms with Crippen molar-refractivity contribution < 1.29 is 22.7 Å². The molecule has 1 aromatic carbocycles. The molecule has 0 bridgehead atoms. The molecule has 102 valence electrons. The molecule has 1 aliphatic rings. The van der Waals surface area contributed by atoms with Crippen LogP contribution in [0.1, 0.15) is 6.42 Å². The molecule has 1 aliphatic heterocycles. The molecule has 1 aromatic rings. The quantitative estimate of drug-likeness (QED) is 0.779. The molecule has 0 saturated carbocycles. The van der Waals surface area contributed by atoms with E-state index in [2.05, 4.69) is 10.1 Å². The van der Waals surface area contributed by atoms with Crippen molar-refractivity contribution in [3.8, 4) is 0 Å². The number of nitrogens with one attached hydrogen (secondary N) is 1. The molecule has 1 heterocycles. The highest BCUT2D eigenvalue weighted by molar-refractivity contribution is 7.92. The number of hydrogen-bond donors (Lipinski definition) is 1. The second-order valence-corrected chi connectivity index (χ2v) is 6.14. The van der Waals surface area contributed by atoms with Crippen molar-refractivity contribution in [3.63, 3.8) is 0 Å². The highest BCUT2D eigenvalue weighted by atomic mass is 32.2. The van der Waals surface area contributed by atoms with Gasteiger partial charge in [0, 0.05) is 6.42 Å². The van der Waals surface area contributed by atoms with Crippen LogP contribution in [0.2, 0.25) is 0 Å². The van der Waals surface area contributed by atoms with Crippen LogP contribution in [0.25, 0.3) is 0 Å². The zero-order chi connectivity index (χ0) is 13.9. The van der Waals surface area contributed by atoms with E-state index in [1.54, 1.807) is 18.2 Å². The van der Waals surface area contributed by atoms with Crippen molar-refractivity contribution in [3.05, 3.63) is 30.3 Å². The van der Waals surface area contributed by atoms with Gasteiger partial charge in [0.05, 0.1) is 11.5 Å². The molecule has 7 heteroatoms. The Hall–Kier alpha value is -1.89. The van der Waals surface area contributed by atoms with E-state index >= 15 is 0 Å². The number of sulfone groups is 1. The number of amides is 1. The summed E-state index contributed by atoms with van der Waals surface area (Å²) in [7, 11) is -3.68. The first-order valence-electron chi connectivity index (χ1n) is 5.73. The van der Waals surface area contributed by atoms with E-state index in [0.717, 1.165) is 0 Å². The maximum Gasteiger partial charge on any atom is 0.328 e. The molecule has 1 atom stereocenters. The molecule has 1 fully saturated rings. The summed E-state index contributed by atoms with van der Waals surface area (Å²) in [5.41, 5.74) is 0. The Morgan fingerprint density at radius 3 is 2.58 bits per heavy atom. The van der Waals surface area contributed by atoms with Gasteiger partial charge in [-0.15, -0.1) is 0 Å². The molecule has 6 nitrogen and oxygen atoms in total. The summed E-state index contributed by atoms with van der Waals surface area (Å²) in [4.78, 5) is 22.9. The third-order valence-electron chi connectivity index (χ3n) is 2.69. The molecule has 1 N–H and O–H groups in total. The molecule has 0 aromatic heterocycles. The first-order valence-corrected chi connectivity index (χ1v) is 7.38. The Labute approximate surface area is 110 Å². The minimum atomic E-state index is -3.68. The minimum Gasteiger partial charge on any atom is -0.464 e. The van der Waals surface area contributed by atoms with Crippen molar-refractivity contribution in [1.29, 1.82) is 0 Å². The fourth-order valence-corrected chi connectivity index (χ4v) is 2.91. The average molecular weight is 283 g/mol. The summed E-state index contributed by atoms with van der Waals surface area (Å²) in [6.45, 7) is 0.245. The van der Waals surface area contributed by atoms with Crippen molar-refractivity contribution in [2.24, 2.45) is 0 Å². The van der Waals surface area contributed by atoms with Crippen LogP contribution in [0.4, 0.5) is 0 Å². The summed E-state index contributed by atoms with van der Waals surface area (Å²) >= 11 is 0. The normalized spacial score (nSPS) is 18.9. The lowest BCUT2D eigenvalue weighted by molar-refractivity contribution is -0.141. The second kappa shape index (κ2) is 5.40. The summed E-state index contributed by atoms with van der Waals surface area (Å²) in [6.07, 6.45) is 0.371. The zero-order valence-electron chi connectivity index (χ0n) is 10.0. The van der Waals surface area contributed by atoms with Crippen LogP contribution in [0.3, 0.4) is 0 Å². The molecule has 0 aliphatic carbocycles. The van der Waals surface area contributed by atoms with Crippen LogP contribution >= 0.6 is 0 Å². The van der Waals surface area contributed by atoms with E-state index in [0.29, 0.717) is 6.42 Å². The molecule has 0 radical (unpaired) electrons. The Bertz CT molecular complexity index is 581. The third-order valence-corrected chi connectivity index (χ3v) is 4.33. The summed E-state index contributed by atoms with van der Waals surface area (Å²) in [6, 6.07) is 6.96. The molecule has 1 saturated heterocycles. The molecular formula is C12H13NO5S. The number of hydrogen-bond acceptors (Lipinski definition) is 5. The van der Waals surface area contributed by atoms with Crippen molar-refractivity contribution in [2.45, 2.75) is 17.4 Å². The van der Waals surface area contributed by atoms with Crippen LogP contribution in [-0.2, 0) is 24.2 Å². The van der Waals surface area contributed by atoms with Gasteiger partial charge >= 0.3 is 5.97 Å². The minimum absolute atomic E-state index is 0.0825. The number of ether oxygens (including phenoxy) is 1. The first kappa shape index (κ1) is 13.5. The van der Waals surface area contributed by atoms with Crippen molar-refractivity contribution in [2.75, 3.05) is 12.4 Å². The SMILES string of the molecule is O=C(CS(=O)(=O)c1ccccc1)NC1CCOC1=O. The summed E-state index contributed by atoms with van der Waals surface area (Å²) in [5.74, 6) is -1.90. The Morgan fingerprint density at radius 2 is 2.00 bits per heavy atom. The van der Waals surface area contributed by atoms with E-state index in [1.165, 1.54) is 12.1 Å². The maximum absolute atomic E-state index is 11.9. The van der Waals surface area contributed by atoms with Gasteiger partial charge in [-0.25, -0.2) is 13.2 Å². The Kier molecular flexibility index (Phi) is 3.84. The van der Waals surface area contributed by atoms with Gasteiger partial charge in [0.1, 0.15) is 11.8 Å². The molecular weight excluding hydrogens is 270 g/mol. The Balaban J connectivity index is 2.01. The van der Waals surface area contributed by atoms with Gasteiger partial charge in [-0.05, 0) is 12.1 Å². The number of carbonyl (C=O) groups is 2. The van der Waals surface area contributed by atoms with Crippen LogP contribution in [0.15, 0.2) is 35.2 Å². The standard InChI is InChI=1S/C12H13NO5S/c14-11(13-10-6-7-18-12(10)15)8-19(16,17)9-4-2-1-3-5-9/h1-5,10H,6-8H2,(H,13,14). The summed E-state index contributed by atoms with van der Waals surface area (Å²) in [5, 5.41) is 2.36. The van der Waals surface area contributed by atoms with Crippen LogP contribution in [0.5, 0.6) is 0 Å². The number of carbonyl (C=O) groups excluding carboxylic acids is 2. The number of benzene rings is 1. The number of cyclic esters (lactones) is 1. The molecule has 2 rings (SSSR count). The van der Waals surface area contributed by atoms with E-state index in [-0.39, 0.29) is 11.5 Å². The lowest BCUT2D eigenvalue weighted by Gasteiger charge is -2.09. The van der Waals surface area contributed by atoms with Gasteiger partial charge in [-0.1, -0.05) is 18.2 Å². The number of esters is 1. The van der Waals surface area contributed by atoms with Gasteiger partial charge in [-0.2, -0.15) is 0 Å². The lowest BCUT2D eigenvalue weighted by Crippen LogP contribution is -2.41. The fourth-order valence-electron chi connectivity index (χ4n) is 1.75.